The number of nitrogens with one attached hydrogen (secondary N) is 1. The molecule has 1 aliphatic heterocycles. The lowest BCUT2D eigenvalue weighted by molar-refractivity contribution is 0.0963. The summed E-state index contributed by atoms with van der Waals surface area (Å²) >= 11 is 0. The number of benzene rings is 2. The third kappa shape index (κ3) is 3.24. The van der Waals surface area contributed by atoms with E-state index < -0.39 is 26.6 Å². The van der Waals surface area contributed by atoms with Gasteiger partial charge in [0.1, 0.15) is 16.5 Å². The highest BCUT2D eigenvalue weighted by molar-refractivity contribution is 7.92. The van der Waals surface area contributed by atoms with Gasteiger partial charge in [-0.1, -0.05) is 0 Å². The fourth-order valence-electron chi connectivity index (χ4n) is 3.10. The predicted molar refractivity (Wildman–Crippen MR) is 97.7 cm³/mol. The van der Waals surface area contributed by atoms with Crippen LogP contribution in [0.4, 0.5) is 20.2 Å². The number of sulfonamides is 1. The summed E-state index contributed by atoms with van der Waals surface area (Å²) in [6, 6.07) is 10.0. The number of carbonyl (C=O) groups excluding carboxylic acids is 1. The minimum Gasteiger partial charge on any atom is -0.459 e. The van der Waals surface area contributed by atoms with Crippen LogP contribution in [0.1, 0.15) is 16.1 Å². The van der Waals surface area contributed by atoms with E-state index in [0.29, 0.717) is 24.7 Å². The zero-order valence-electron chi connectivity index (χ0n) is 14.4. The van der Waals surface area contributed by atoms with Crippen LogP contribution in [0, 0.1) is 11.6 Å². The number of amides is 1. The van der Waals surface area contributed by atoms with Crippen LogP contribution in [0.3, 0.4) is 0 Å². The number of hydrogen-bond donors (Lipinski definition) is 1. The lowest BCUT2D eigenvalue weighted by atomic mass is 10.1. The van der Waals surface area contributed by atoms with Crippen molar-refractivity contribution in [1.82, 2.24) is 0 Å². The molecular formula is C19H14F2N2O4S. The molecule has 2 aromatic carbocycles. The Balaban J connectivity index is 1.60. The largest absolute Gasteiger partial charge is 0.459 e. The standard InChI is InChI=1S/C19H14F2N2O4S/c20-13-3-5-15(21)18(11-13)28(25,26)22-14-4-6-16-12(10-14)7-8-23(16)19(24)17-2-1-9-27-17/h1-6,9-11,22H,7-8H2. The van der Waals surface area contributed by atoms with Crippen molar-refractivity contribution in [3.05, 3.63) is 77.8 Å². The van der Waals surface area contributed by atoms with Crippen molar-refractivity contribution in [1.29, 1.82) is 0 Å². The minimum absolute atomic E-state index is 0.190. The Morgan fingerprint density at radius 3 is 2.68 bits per heavy atom. The first-order valence-electron chi connectivity index (χ1n) is 8.31. The minimum atomic E-state index is -4.31. The topological polar surface area (TPSA) is 79.6 Å². The molecule has 0 saturated carbocycles. The predicted octanol–water partition coefficient (Wildman–Crippen LogP) is 3.56. The van der Waals surface area contributed by atoms with Crippen molar-refractivity contribution >= 4 is 27.3 Å². The molecule has 4 rings (SSSR count). The van der Waals surface area contributed by atoms with Crippen LogP contribution >= 0.6 is 0 Å². The zero-order chi connectivity index (χ0) is 19.9. The van der Waals surface area contributed by atoms with Crippen LogP contribution in [0.2, 0.25) is 0 Å². The molecule has 0 saturated heterocycles. The number of halogens is 2. The van der Waals surface area contributed by atoms with Crippen LogP contribution < -0.4 is 9.62 Å². The molecule has 1 aliphatic rings. The van der Waals surface area contributed by atoms with Crippen LogP contribution in [0.15, 0.2) is 64.1 Å². The second-order valence-corrected chi connectivity index (χ2v) is 7.86. The molecule has 0 atom stereocenters. The number of carbonyl (C=O) groups is 1. The molecule has 0 aliphatic carbocycles. The van der Waals surface area contributed by atoms with Crippen LogP contribution in [0.25, 0.3) is 0 Å². The summed E-state index contributed by atoms with van der Waals surface area (Å²) < 4.78 is 59.3. The summed E-state index contributed by atoms with van der Waals surface area (Å²) in [6.07, 6.45) is 1.93. The van der Waals surface area contributed by atoms with Gasteiger partial charge >= 0.3 is 0 Å². The van der Waals surface area contributed by atoms with E-state index in [4.69, 9.17) is 4.42 Å². The van der Waals surface area contributed by atoms with Gasteiger partial charge in [0.2, 0.25) is 0 Å². The van der Waals surface area contributed by atoms with Gasteiger partial charge in [0.15, 0.2) is 5.76 Å². The summed E-state index contributed by atoms with van der Waals surface area (Å²) in [5.41, 5.74) is 1.58. The van der Waals surface area contributed by atoms with E-state index in [9.17, 15) is 22.0 Å². The molecule has 0 radical (unpaired) electrons. The van der Waals surface area contributed by atoms with Crippen LogP contribution in [-0.2, 0) is 16.4 Å². The second-order valence-electron chi connectivity index (χ2n) is 6.21. The summed E-state index contributed by atoms with van der Waals surface area (Å²) in [5, 5.41) is 0. The first-order valence-corrected chi connectivity index (χ1v) is 9.80. The Morgan fingerprint density at radius 1 is 1.11 bits per heavy atom. The van der Waals surface area contributed by atoms with Crippen molar-refractivity contribution in [3.8, 4) is 0 Å². The maximum absolute atomic E-state index is 13.8. The lowest BCUT2D eigenvalue weighted by Crippen LogP contribution is -2.28. The van der Waals surface area contributed by atoms with Gasteiger partial charge in [-0.15, -0.1) is 0 Å². The molecule has 0 unspecified atom stereocenters. The highest BCUT2D eigenvalue weighted by Gasteiger charge is 2.28. The Bertz CT molecular complexity index is 1160. The first-order chi connectivity index (χ1) is 13.3. The molecule has 9 heteroatoms. The molecule has 1 amide bonds. The zero-order valence-corrected chi connectivity index (χ0v) is 15.2. The Hall–Kier alpha value is -3.20. The highest BCUT2D eigenvalue weighted by atomic mass is 32.2. The fraction of sp³-hybridized carbons (Fsp3) is 0.105. The third-order valence-electron chi connectivity index (χ3n) is 4.39. The van der Waals surface area contributed by atoms with Crippen molar-refractivity contribution in [2.75, 3.05) is 16.2 Å². The van der Waals surface area contributed by atoms with E-state index >= 15 is 0 Å². The van der Waals surface area contributed by atoms with E-state index in [1.165, 1.54) is 12.3 Å². The molecule has 6 nitrogen and oxygen atoms in total. The number of anilines is 2. The molecular weight excluding hydrogens is 390 g/mol. The Kier molecular flexibility index (Phi) is 4.38. The number of nitrogens with zero attached hydrogens (tertiary/aromatic N) is 1. The summed E-state index contributed by atoms with van der Waals surface area (Å²) in [6.45, 7) is 0.420. The van der Waals surface area contributed by atoms with Gasteiger partial charge in [-0.3, -0.25) is 9.52 Å². The third-order valence-corrected chi connectivity index (χ3v) is 5.78. The molecule has 0 spiro atoms. The molecule has 28 heavy (non-hydrogen) atoms. The summed E-state index contributed by atoms with van der Waals surface area (Å²) in [5.74, 6) is -1.99. The van der Waals surface area contributed by atoms with Crippen LogP contribution in [-0.4, -0.2) is 20.9 Å². The monoisotopic (exact) mass is 404 g/mol. The van der Waals surface area contributed by atoms with Gasteiger partial charge in [0.05, 0.1) is 6.26 Å². The SMILES string of the molecule is O=C(c1ccco1)N1CCc2cc(NS(=O)(=O)c3cc(F)ccc3F)ccc21. The molecule has 1 aromatic heterocycles. The number of fused-ring (bicyclic) bond motifs is 1. The fourth-order valence-corrected chi connectivity index (χ4v) is 4.24. The number of rotatable bonds is 4. The van der Waals surface area contributed by atoms with E-state index in [1.54, 1.807) is 29.2 Å². The van der Waals surface area contributed by atoms with Gasteiger partial charge in [-0.25, -0.2) is 17.2 Å². The number of hydrogen-bond acceptors (Lipinski definition) is 4. The number of furan rings is 1. The van der Waals surface area contributed by atoms with Gasteiger partial charge in [-0.2, -0.15) is 0 Å². The van der Waals surface area contributed by atoms with E-state index in [0.717, 1.165) is 17.7 Å². The average Bonchev–Trinajstić information content (AvgIpc) is 3.32. The van der Waals surface area contributed by atoms with Crippen molar-refractivity contribution in [2.45, 2.75) is 11.3 Å². The quantitative estimate of drug-likeness (QED) is 0.721. The van der Waals surface area contributed by atoms with E-state index in [1.807, 2.05) is 0 Å². The molecule has 144 valence electrons. The van der Waals surface area contributed by atoms with Gasteiger partial charge < -0.3 is 9.32 Å². The van der Waals surface area contributed by atoms with Crippen molar-refractivity contribution < 1.29 is 26.4 Å². The molecule has 0 bridgehead atoms. The smallest absolute Gasteiger partial charge is 0.293 e. The molecule has 0 fully saturated rings. The average molecular weight is 404 g/mol. The Morgan fingerprint density at radius 2 is 1.93 bits per heavy atom. The van der Waals surface area contributed by atoms with Crippen molar-refractivity contribution in [3.63, 3.8) is 0 Å². The molecule has 1 N–H and O–H groups in total. The van der Waals surface area contributed by atoms with Crippen molar-refractivity contribution in [2.24, 2.45) is 0 Å². The maximum atomic E-state index is 13.8. The molecule has 2 heterocycles. The summed E-state index contributed by atoms with van der Waals surface area (Å²) in [7, 11) is -4.31. The van der Waals surface area contributed by atoms with Gasteiger partial charge in [-0.05, 0) is 60.5 Å². The summed E-state index contributed by atoms with van der Waals surface area (Å²) in [4.78, 5) is 13.2. The highest BCUT2D eigenvalue weighted by Crippen LogP contribution is 2.32. The maximum Gasteiger partial charge on any atom is 0.293 e. The lowest BCUT2D eigenvalue weighted by Gasteiger charge is -2.16. The van der Waals surface area contributed by atoms with Gasteiger partial charge in [0.25, 0.3) is 15.9 Å². The second kappa shape index (κ2) is 6.75. The van der Waals surface area contributed by atoms with Gasteiger partial charge in [0, 0.05) is 17.9 Å². The van der Waals surface area contributed by atoms with Crippen LogP contribution in [0.5, 0.6) is 0 Å². The van der Waals surface area contributed by atoms with E-state index in [2.05, 4.69) is 4.72 Å². The first kappa shape index (κ1) is 18.2. The van der Waals surface area contributed by atoms with E-state index in [-0.39, 0.29) is 17.4 Å². The normalized spacial score (nSPS) is 13.4. The molecule has 3 aromatic rings. The Labute approximate surface area is 159 Å².